The number of benzene rings is 3. The van der Waals surface area contributed by atoms with Crippen molar-refractivity contribution in [3.8, 4) is 17.2 Å². The van der Waals surface area contributed by atoms with Gasteiger partial charge in [0.25, 0.3) is 15.9 Å². The molecule has 0 fully saturated rings. The van der Waals surface area contributed by atoms with Crippen molar-refractivity contribution in [2.24, 2.45) is 0 Å². The lowest BCUT2D eigenvalue weighted by molar-refractivity contribution is 0.102. The van der Waals surface area contributed by atoms with Gasteiger partial charge in [-0.2, -0.15) is 0 Å². The van der Waals surface area contributed by atoms with E-state index in [4.69, 9.17) is 14.2 Å². The quantitative estimate of drug-likeness (QED) is 0.536. The summed E-state index contributed by atoms with van der Waals surface area (Å²) >= 11 is 0. The topological polar surface area (TPSA) is 103 Å². The molecule has 0 saturated heterocycles. The summed E-state index contributed by atoms with van der Waals surface area (Å²) < 4.78 is 44.7. The molecule has 1 aliphatic rings. The van der Waals surface area contributed by atoms with E-state index in [1.54, 1.807) is 54.6 Å². The van der Waals surface area contributed by atoms with Crippen LogP contribution in [0.2, 0.25) is 0 Å². The fourth-order valence-corrected chi connectivity index (χ4v) is 4.29. The summed E-state index contributed by atoms with van der Waals surface area (Å²) in [7, 11) is -3.83. The molecule has 0 saturated carbocycles. The van der Waals surface area contributed by atoms with Gasteiger partial charge in [0.15, 0.2) is 11.5 Å². The van der Waals surface area contributed by atoms with Crippen molar-refractivity contribution in [2.45, 2.75) is 18.2 Å². The van der Waals surface area contributed by atoms with Gasteiger partial charge in [-0.15, -0.1) is 0 Å². The highest BCUT2D eigenvalue weighted by molar-refractivity contribution is 7.92. The molecule has 0 aliphatic carbocycles. The van der Waals surface area contributed by atoms with Crippen molar-refractivity contribution in [1.82, 2.24) is 0 Å². The third-order valence-corrected chi connectivity index (χ3v) is 6.23. The van der Waals surface area contributed by atoms with Gasteiger partial charge in [0.1, 0.15) is 5.75 Å². The third-order valence-electron chi connectivity index (χ3n) is 4.85. The number of sulfonamides is 1. The first kappa shape index (κ1) is 22.5. The Bertz CT molecular complexity index is 1220. The lowest BCUT2D eigenvalue weighted by Crippen LogP contribution is -2.14. The standard InChI is InChI=1S/C24H24N2O6S/c1-2-30-20-10-4-17(5-11-20)24(27)25-18-6-8-19(9-7-18)26-33(28,29)21-12-13-22-23(16-21)32-15-3-14-31-22/h4-13,16,26H,2-3,14-15H2,1H3,(H,25,27). The second kappa shape index (κ2) is 9.83. The van der Waals surface area contributed by atoms with Crippen molar-refractivity contribution in [3.63, 3.8) is 0 Å². The van der Waals surface area contributed by atoms with Gasteiger partial charge in [0.2, 0.25) is 0 Å². The van der Waals surface area contributed by atoms with Crippen LogP contribution in [0.25, 0.3) is 0 Å². The van der Waals surface area contributed by atoms with Crippen LogP contribution >= 0.6 is 0 Å². The van der Waals surface area contributed by atoms with Gasteiger partial charge >= 0.3 is 0 Å². The first-order chi connectivity index (χ1) is 15.9. The highest BCUT2D eigenvalue weighted by atomic mass is 32.2. The fraction of sp³-hybridized carbons (Fsp3) is 0.208. The average Bonchev–Trinajstić information content (AvgIpc) is 3.06. The molecular formula is C24H24N2O6S. The lowest BCUT2D eigenvalue weighted by atomic mass is 10.2. The van der Waals surface area contributed by atoms with Crippen molar-refractivity contribution in [2.75, 3.05) is 29.9 Å². The van der Waals surface area contributed by atoms with Crippen molar-refractivity contribution in [3.05, 3.63) is 72.3 Å². The summed E-state index contributed by atoms with van der Waals surface area (Å²) in [6.45, 7) is 3.44. The van der Waals surface area contributed by atoms with Gasteiger partial charge in [0.05, 0.1) is 24.7 Å². The molecule has 0 bridgehead atoms. The number of rotatable bonds is 7. The molecule has 172 valence electrons. The van der Waals surface area contributed by atoms with E-state index in [1.807, 2.05) is 6.92 Å². The van der Waals surface area contributed by atoms with Gasteiger partial charge in [-0.05, 0) is 67.6 Å². The van der Waals surface area contributed by atoms with Crippen LogP contribution < -0.4 is 24.2 Å². The second-order valence-corrected chi connectivity index (χ2v) is 8.94. The number of anilines is 2. The van der Waals surface area contributed by atoms with E-state index in [1.165, 1.54) is 12.1 Å². The number of amides is 1. The summed E-state index contributed by atoms with van der Waals surface area (Å²) in [5.74, 6) is 1.35. The van der Waals surface area contributed by atoms with Gasteiger partial charge in [-0.1, -0.05) is 0 Å². The van der Waals surface area contributed by atoms with E-state index in [-0.39, 0.29) is 10.8 Å². The first-order valence-corrected chi connectivity index (χ1v) is 12.0. The largest absolute Gasteiger partial charge is 0.494 e. The maximum Gasteiger partial charge on any atom is 0.262 e. The van der Waals surface area contributed by atoms with E-state index in [9.17, 15) is 13.2 Å². The van der Waals surface area contributed by atoms with Crippen LogP contribution in [-0.4, -0.2) is 34.1 Å². The van der Waals surface area contributed by atoms with Crippen LogP contribution in [-0.2, 0) is 10.0 Å². The lowest BCUT2D eigenvalue weighted by Gasteiger charge is -2.12. The summed E-state index contributed by atoms with van der Waals surface area (Å²) in [5, 5.41) is 2.78. The Morgan fingerprint density at radius 1 is 0.909 bits per heavy atom. The summed E-state index contributed by atoms with van der Waals surface area (Å²) in [4.78, 5) is 12.5. The van der Waals surface area contributed by atoms with Crippen LogP contribution in [0.3, 0.4) is 0 Å². The van der Waals surface area contributed by atoms with E-state index in [0.29, 0.717) is 54.0 Å². The van der Waals surface area contributed by atoms with Gasteiger partial charge < -0.3 is 19.5 Å². The van der Waals surface area contributed by atoms with E-state index in [0.717, 1.165) is 6.42 Å². The monoisotopic (exact) mass is 468 g/mol. The Morgan fingerprint density at radius 3 is 2.27 bits per heavy atom. The van der Waals surface area contributed by atoms with Crippen LogP contribution in [0, 0.1) is 0 Å². The summed E-state index contributed by atoms with van der Waals surface area (Å²) in [6.07, 6.45) is 0.733. The zero-order valence-electron chi connectivity index (χ0n) is 18.0. The molecule has 0 unspecified atom stereocenters. The van der Waals surface area contributed by atoms with Crippen LogP contribution in [0.4, 0.5) is 11.4 Å². The molecule has 33 heavy (non-hydrogen) atoms. The van der Waals surface area contributed by atoms with Crippen LogP contribution in [0.5, 0.6) is 17.2 Å². The average molecular weight is 469 g/mol. The smallest absolute Gasteiger partial charge is 0.262 e. The molecule has 1 heterocycles. The van der Waals surface area contributed by atoms with Crippen LogP contribution in [0.15, 0.2) is 71.6 Å². The van der Waals surface area contributed by atoms with Crippen molar-refractivity contribution < 1.29 is 27.4 Å². The fourth-order valence-electron chi connectivity index (χ4n) is 3.22. The molecule has 4 rings (SSSR count). The number of carbonyl (C=O) groups excluding carboxylic acids is 1. The minimum absolute atomic E-state index is 0.0691. The molecule has 3 aromatic carbocycles. The molecule has 0 aromatic heterocycles. The van der Waals surface area contributed by atoms with E-state index in [2.05, 4.69) is 10.0 Å². The number of hydrogen-bond acceptors (Lipinski definition) is 6. The molecule has 1 amide bonds. The molecule has 0 spiro atoms. The maximum atomic E-state index is 12.8. The highest BCUT2D eigenvalue weighted by Crippen LogP contribution is 2.32. The summed E-state index contributed by atoms with van der Waals surface area (Å²) in [6, 6.07) is 17.7. The SMILES string of the molecule is CCOc1ccc(C(=O)Nc2ccc(NS(=O)(=O)c3ccc4c(c3)OCCCO4)cc2)cc1. The molecule has 8 nitrogen and oxygen atoms in total. The minimum atomic E-state index is -3.83. The number of hydrogen-bond donors (Lipinski definition) is 2. The van der Waals surface area contributed by atoms with Gasteiger partial charge in [-0.25, -0.2) is 8.42 Å². The zero-order valence-corrected chi connectivity index (χ0v) is 18.9. The Kier molecular flexibility index (Phi) is 6.69. The third kappa shape index (κ3) is 5.56. The highest BCUT2D eigenvalue weighted by Gasteiger charge is 2.19. The molecule has 9 heteroatoms. The predicted octanol–water partition coefficient (Wildman–Crippen LogP) is 4.30. The molecular weight excluding hydrogens is 444 g/mol. The Hall–Kier alpha value is -3.72. The summed E-state index contributed by atoms with van der Waals surface area (Å²) in [5.41, 5.74) is 1.38. The molecule has 1 aliphatic heterocycles. The molecule has 0 radical (unpaired) electrons. The maximum absolute atomic E-state index is 12.8. The van der Waals surface area contributed by atoms with Crippen molar-refractivity contribution in [1.29, 1.82) is 0 Å². The number of ether oxygens (including phenoxy) is 3. The molecule has 0 atom stereocenters. The number of carbonyl (C=O) groups is 1. The molecule has 3 aromatic rings. The van der Waals surface area contributed by atoms with E-state index >= 15 is 0 Å². The molecule has 2 N–H and O–H groups in total. The predicted molar refractivity (Wildman–Crippen MR) is 125 cm³/mol. The normalized spacial score (nSPS) is 13.0. The van der Waals surface area contributed by atoms with E-state index < -0.39 is 10.0 Å². The Labute approximate surface area is 192 Å². The number of fused-ring (bicyclic) bond motifs is 1. The second-order valence-electron chi connectivity index (χ2n) is 7.25. The van der Waals surface area contributed by atoms with Crippen molar-refractivity contribution >= 4 is 27.3 Å². The van der Waals surface area contributed by atoms with Gasteiger partial charge in [-0.3, -0.25) is 9.52 Å². The number of nitrogens with one attached hydrogen (secondary N) is 2. The zero-order chi connectivity index (χ0) is 23.3. The minimum Gasteiger partial charge on any atom is -0.494 e. The Morgan fingerprint density at radius 2 is 1.58 bits per heavy atom. The Balaban J connectivity index is 1.41. The van der Waals surface area contributed by atoms with Gasteiger partial charge in [0, 0.05) is 29.4 Å². The first-order valence-electron chi connectivity index (χ1n) is 10.5. The van der Waals surface area contributed by atoms with Crippen LogP contribution in [0.1, 0.15) is 23.7 Å².